The Morgan fingerprint density at radius 2 is 1.77 bits per heavy atom. The minimum absolute atomic E-state index is 0.241. The number of carbonyl (C=O) groups excluding carboxylic acids is 1. The van der Waals surface area contributed by atoms with Crippen LogP contribution in [0.1, 0.15) is 29.2 Å². The van der Waals surface area contributed by atoms with Gasteiger partial charge in [-0.1, -0.05) is 60.1 Å². The van der Waals surface area contributed by atoms with E-state index < -0.39 is 10.5 Å². The normalized spacial score (nSPS) is 27.9. The van der Waals surface area contributed by atoms with Crippen LogP contribution in [0.15, 0.2) is 48.5 Å². The highest BCUT2D eigenvalue weighted by atomic mass is 35.5. The molecule has 4 rings (SSSR count). The highest BCUT2D eigenvalue weighted by Crippen LogP contribution is 2.53. The van der Waals surface area contributed by atoms with Crippen molar-refractivity contribution in [3.05, 3.63) is 70.8 Å². The second-order valence-corrected chi connectivity index (χ2v) is 6.64. The molecule has 4 heteroatoms. The Balaban J connectivity index is 1.97. The number of halogens is 1. The summed E-state index contributed by atoms with van der Waals surface area (Å²) in [6, 6.07) is 16.3. The van der Waals surface area contributed by atoms with E-state index in [9.17, 15) is 4.79 Å². The molecule has 2 bridgehead atoms. The molecule has 0 fully saturated rings. The van der Waals surface area contributed by atoms with E-state index in [1.54, 1.807) is 0 Å². The van der Waals surface area contributed by atoms with Crippen LogP contribution >= 0.6 is 11.6 Å². The van der Waals surface area contributed by atoms with Crippen molar-refractivity contribution in [1.82, 2.24) is 5.32 Å². The predicted octanol–water partition coefficient (Wildman–Crippen LogP) is 3.04. The number of esters is 1. The number of carbonyl (C=O) groups is 1. The lowest BCUT2D eigenvalue weighted by molar-refractivity contribution is -0.142. The Morgan fingerprint density at radius 1 is 1.14 bits per heavy atom. The minimum atomic E-state index is -0.648. The third kappa shape index (κ3) is 1.76. The standard InChI is InChI=1S/C18H16ClNO2/c1-12(21)22-11-17-14-7-3-2-6-13(14)10-18(19,20-17)16-9-5-4-8-15(16)17/h2-9,20H,10-11H2,1H3. The molecule has 0 saturated carbocycles. The molecule has 112 valence electrons. The fraction of sp³-hybridized carbons (Fsp3) is 0.278. The maximum atomic E-state index is 11.4. The molecule has 0 amide bonds. The first kappa shape index (κ1) is 13.8. The maximum Gasteiger partial charge on any atom is 0.302 e. The molecule has 0 saturated heterocycles. The lowest BCUT2D eigenvalue weighted by atomic mass is 9.81. The van der Waals surface area contributed by atoms with Crippen LogP contribution in [0.2, 0.25) is 0 Å². The van der Waals surface area contributed by atoms with Gasteiger partial charge in [0, 0.05) is 13.3 Å². The zero-order valence-electron chi connectivity index (χ0n) is 12.2. The van der Waals surface area contributed by atoms with Crippen LogP contribution in [0, 0.1) is 0 Å². The Kier molecular flexibility index (Phi) is 2.87. The molecule has 0 aromatic heterocycles. The number of benzene rings is 2. The van der Waals surface area contributed by atoms with E-state index in [-0.39, 0.29) is 12.6 Å². The molecule has 0 spiro atoms. The number of hydrogen-bond acceptors (Lipinski definition) is 3. The summed E-state index contributed by atoms with van der Waals surface area (Å²) in [5, 5.41) is 3.55. The van der Waals surface area contributed by atoms with E-state index in [1.807, 2.05) is 24.3 Å². The second-order valence-electron chi connectivity index (χ2n) is 5.99. The first-order chi connectivity index (χ1) is 10.6. The Labute approximate surface area is 134 Å². The highest BCUT2D eigenvalue weighted by Gasteiger charge is 2.56. The highest BCUT2D eigenvalue weighted by molar-refractivity contribution is 6.24. The van der Waals surface area contributed by atoms with E-state index in [4.69, 9.17) is 16.3 Å². The number of nitrogens with one attached hydrogen (secondary N) is 1. The number of ether oxygens (including phenoxy) is 1. The van der Waals surface area contributed by atoms with Crippen molar-refractivity contribution in [2.75, 3.05) is 6.61 Å². The van der Waals surface area contributed by atoms with E-state index in [0.29, 0.717) is 6.42 Å². The molecule has 1 N–H and O–H groups in total. The van der Waals surface area contributed by atoms with Gasteiger partial charge in [-0.05, 0) is 22.3 Å². The van der Waals surface area contributed by atoms with Crippen molar-refractivity contribution in [3.8, 4) is 0 Å². The maximum absolute atomic E-state index is 11.4. The van der Waals surface area contributed by atoms with E-state index in [1.165, 1.54) is 12.5 Å². The molecule has 2 aliphatic rings. The third-order valence-corrected chi connectivity index (χ3v) is 5.06. The Morgan fingerprint density at radius 3 is 2.50 bits per heavy atom. The van der Waals surface area contributed by atoms with Crippen molar-refractivity contribution in [2.45, 2.75) is 23.9 Å². The van der Waals surface area contributed by atoms with Crippen LogP contribution in [-0.2, 0) is 26.5 Å². The number of alkyl halides is 1. The third-order valence-electron chi connectivity index (χ3n) is 4.63. The lowest BCUT2D eigenvalue weighted by Gasteiger charge is -2.40. The van der Waals surface area contributed by atoms with Crippen LogP contribution in [0.25, 0.3) is 0 Å². The summed E-state index contributed by atoms with van der Waals surface area (Å²) >= 11 is 6.91. The first-order valence-corrected chi connectivity index (χ1v) is 7.73. The summed E-state index contributed by atoms with van der Waals surface area (Å²) in [7, 11) is 0. The van der Waals surface area contributed by atoms with Gasteiger partial charge in [0.15, 0.2) is 0 Å². The van der Waals surface area contributed by atoms with Gasteiger partial charge in [-0.25, -0.2) is 0 Å². The van der Waals surface area contributed by atoms with Crippen molar-refractivity contribution in [1.29, 1.82) is 0 Å². The smallest absolute Gasteiger partial charge is 0.302 e. The monoisotopic (exact) mass is 313 g/mol. The number of rotatable bonds is 2. The predicted molar refractivity (Wildman–Crippen MR) is 84.7 cm³/mol. The summed E-state index contributed by atoms with van der Waals surface area (Å²) < 4.78 is 5.40. The van der Waals surface area contributed by atoms with Gasteiger partial charge in [-0.15, -0.1) is 0 Å². The van der Waals surface area contributed by atoms with Crippen molar-refractivity contribution in [2.24, 2.45) is 0 Å². The number of hydrogen-bond donors (Lipinski definition) is 1. The molecule has 0 aliphatic carbocycles. The topological polar surface area (TPSA) is 38.3 Å². The van der Waals surface area contributed by atoms with Crippen LogP contribution in [0.5, 0.6) is 0 Å². The Hall–Kier alpha value is -1.84. The lowest BCUT2D eigenvalue weighted by Crippen LogP contribution is -2.53. The summed E-state index contributed by atoms with van der Waals surface area (Å²) in [5.74, 6) is -0.288. The Bertz CT molecular complexity index is 775. The average molecular weight is 314 g/mol. The van der Waals surface area contributed by atoms with E-state index >= 15 is 0 Å². The van der Waals surface area contributed by atoms with Crippen molar-refractivity contribution >= 4 is 17.6 Å². The van der Waals surface area contributed by atoms with E-state index in [2.05, 4.69) is 29.6 Å². The quantitative estimate of drug-likeness (QED) is 0.526. The summed E-state index contributed by atoms with van der Waals surface area (Å²) in [6.45, 7) is 1.67. The second kappa shape index (κ2) is 4.58. The molecule has 2 aromatic carbocycles. The molecular weight excluding hydrogens is 298 g/mol. The summed E-state index contributed by atoms with van der Waals surface area (Å²) in [6.07, 6.45) is 0.712. The zero-order valence-corrected chi connectivity index (χ0v) is 13.0. The van der Waals surface area contributed by atoms with Crippen LogP contribution in [0.4, 0.5) is 0 Å². The van der Waals surface area contributed by atoms with Crippen LogP contribution in [0.3, 0.4) is 0 Å². The molecule has 22 heavy (non-hydrogen) atoms. The zero-order chi connectivity index (χ0) is 15.4. The largest absolute Gasteiger partial charge is 0.463 e. The van der Waals surface area contributed by atoms with Gasteiger partial charge < -0.3 is 4.74 Å². The first-order valence-electron chi connectivity index (χ1n) is 7.35. The van der Waals surface area contributed by atoms with Gasteiger partial charge in [-0.3, -0.25) is 10.1 Å². The molecule has 2 unspecified atom stereocenters. The van der Waals surface area contributed by atoms with Crippen molar-refractivity contribution < 1.29 is 9.53 Å². The average Bonchev–Trinajstić information content (AvgIpc) is 2.72. The van der Waals surface area contributed by atoms with Gasteiger partial charge >= 0.3 is 5.97 Å². The van der Waals surface area contributed by atoms with Gasteiger partial charge in [-0.2, -0.15) is 0 Å². The fourth-order valence-electron chi connectivity index (χ4n) is 3.78. The van der Waals surface area contributed by atoms with Gasteiger partial charge in [0.2, 0.25) is 0 Å². The van der Waals surface area contributed by atoms with Gasteiger partial charge in [0.05, 0.1) is 0 Å². The number of fused-ring (bicyclic) bond motifs is 7. The van der Waals surface area contributed by atoms with Gasteiger partial charge in [0.25, 0.3) is 0 Å². The van der Waals surface area contributed by atoms with Gasteiger partial charge in [0.1, 0.15) is 17.1 Å². The van der Waals surface area contributed by atoms with Crippen LogP contribution < -0.4 is 5.32 Å². The van der Waals surface area contributed by atoms with Crippen molar-refractivity contribution in [3.63, 3.8) is 0 Å². The van der Waals surface area contributed by atoms with Crippen LogP contribution in [-0.4, -0.2) is 12.6 Å². The molecule has 2 heterocycles. The summed E-state index contributed by atoms with van der Waals surface area (Å²) in [4.78, 5) is 10.7. The molecule has 0 radical (unpaired) electrons. The molecule has 3 nitrogen and oxygen atoms in total. The molecular formula is C18H16ClNO2. The SMILES string of the molecule is CC(=O)OCC12NC(Cl)(Cc3ccccc31)c1ccccc12. The molecule has 2 aromatic rings. The van der Waals surface area contributed by atoms with E-state index in [0.717, 1.165) is 16.7 Å². The molecule has 2 atom stereocenters. The fourth-order valence-corrected chi connectivity index (χ4v) is 4.25. The molecule has 2 aliphatic heterocycles. The summed E-state index contributed by atoms with van der Waals surface area (Å²) in [5.41, 5.74) is 3.92. The minimum Gasteiger partial charge on any atom is -0.463 e.